The van der Waals surface area contributed by atoms with Crippen molar-refractivity contribution >= 4 is 21.6 Å². The normalized spacial score (nSPS) is 13.3. The summed E-state index contributed by atoms with van der Waals surface area (Å²) in [6, 6.07) is 14.3. The molecule has 0 amide bonds. The van der Waals surface area contributed by atoms with E-state index in [2.05, 4.69) is 130 Å². The molecule has 0 atom stereocenters. The fraction of sp³-hybridized carbons (Fsp3) is 0.625. The Morgan fingerprint density at radius 3 is 0.917 bits per heavy atom. The molecule has 0 unspecified atom stereocenters. The first-order valence-electron chi connectivity index (χ1n) is 13.3. The lowest BCUT2D eigenvalue weighted by Crippen LogP contribution is -2.19. The van der Waals surface area contributed by atoms with Gasteiger partial charge in [0.15, 0.2) is 0 Å². The van der Waals surface area contributed by atoms with Crippen molar-refractivity contribution in [3.05, 3.63) is 69.8 Å². The minimum atomic E-state index is 0.159. The molecule has 0 saturated carbocycles. The third kappa shape index (κ3) is 10.1. The Labute approximate surface area is 231 Å². The molecular weight excluding hydrogens is 477 g/mol. The van der Waals surface area contributed by atoms with Crippen LogP contribution < -0.4 is 10.6 Å². The Morgan fingerprint density at radius 2 is 0.694 bits per heavy atom. The van der Waals surface area contributed by atoms with E-state index < -0.39 is 0 Å². The summed E-state index contributed by atoms with van der Waals surface area (Å²) in [6.45, 7) is 29.4. The lowest BCUT2D eigenvalue weighted by molar-refractivity contribution is 0.565. The molecule has 2 nitrogen and oxygen atoms in total. The molecule has 0 heterocycles. The molecule has 202 valence electrons. The largest absolute Gasteiger partial charge is 0.303 e. The van der Waals surface area contributed by atoms with E-state index in [1.807, 2.05) is 21.6 Å². The predicted octanol–water partition coefficient (Wildman–Crippen LogP) is 9.05. The van der Waals surface area contributed by atoms with Crippen LogP contribution in [0.2, 0.25) is 0 Å². The van der Waals surface area contributed by atoms with Gasteiger partial charge in [-0.3, -0.25) is 0 Å². The first kappa shape index (κ1) is 31.3. The van der Waals surface area contributed by atoms with E-state index in [4.69, 9.17) is 0 Å². The van der Waals surface area contributed by atoms with Crippen molar-refractivity contribution in [3.8, 4) is 0 Å². The molecule has 0 aliphatic carbocycles. The Bertz CT molecular complexity index is 837. The molecule has 0 aromatic heterocycles. The molecule has 0 radical (unpaired) electrons. The number of rotatable bonds is 9. The smallest absolute Gasteiger partial charge is 0.0526 e. The van der Waals surface area contributed by atoms with Crippen LogP contribution in [0.25, 0.3) is 0 Å². The van der Waals surface area contributed by atoms with Gasteiger partial charge >= 0.3 is 0 Å². The van der Waals surface area contributed by atoms with Crippen LogP contribution in [-0.4, -0.2) is 11.8 Å². The first-order valence-corrected chi connectivity index (χ1v) is 15.8. The van der Waals surface area contributed by atoms with Crippen LogP contribution in [-0.2, 0) is 34.7 Å². The van der Waals surface area contributed by atoms with E-state index in [9.17, 15) is 0 Å². The summed E-state index contributed by atoms with van der Waals surface area (Å²) in [4.78, 5) is 0. The Balaban J connectivity index is 1.84. The van der Waals surface area contributed by atoms with Gasteiger partial charge in [0.25, 0.3) is 0 Å². The Hall–Kier alpha value is -0.940. The zero-order chi connectivity index (χ0) is 27.4. The Morgan fingerprint density at radius 1 is 0.444 bits per heavy atom. The predicted molar refractivity (Wildman–Crippen MR) is 166 cm³/mol. The quantitative estimate of drug-likeness (QED) is 0.193. The zero-order valence-corrected chi connectivity index (χ0v) is 26.7. The van der Waals surface area contributed by atoms with E-state index >= 15 is 0 Å². The second kappa shape index (κ2) is 12.3. The van der Waals surface area contributed by atoms with Crippen molar-refractivity contribution in [2.45, 2.75) is 118 Å². The third-order valence-corrected chi connectivity index (χ3v) is 8.53. The van der Waals surface area contributed by atoms with Crippen LogP contribution in [0, 0.1) is 0 Å². The van der Waals surface area contributed by atoms with Crippen LogP contribution in [0.3, 0.4) is 0 Å². The minimum Gasteiger partial charge on any atom is -0.303 e. The van der Waals surface area contributed by atoms with E-state index in [-0.39, 0.29) is 21.7 Å². The van der Waals surface area contributed by atoms with Crippen molar-refractivity contribution in [1.29, 1.82) is 0 Å². The molecule has 0 bridgehead atoms. The van der Waals surface area contributed by atoms with Gasteiger partial charge in [0, 0.05) is 13.1 Å². The lowest BCUT2D eigenvalue weighted by atomic mass is 9.79. The molecule has 2 N–H and O–H groups in total. The maximum atomic E-state index is 3.63. The molecule has 0 saturated heterocycles. The van der Waals surface area contributed by atoms with Gasteiger partial charge in [-0.05, 0) is 55.0 Å². The average Bonchev–Trinajstić information content (AvgIpc) is 2.72. The summed E-state index contributed by atoms with van der Waals surface area (Å²) in [5, 5.41) is 7.26. The highest BCUT2D eigenvalue weighted by molar-refractivity contribution is 8.76. The summed E-state index contributed by atoms with van der Waals surface area (Å²) in [5.74, 6) is 1.87. The van der Waals surface area contributed by atoms with Gasteiger partial charge in [0.2, 0.25) is 0 Å². The number of hydrogen-bond acceptors (Lipinski definition) is 4. The minimum absolute atomic E-state index is 0.159. The second-order valence-electron chi connectivity index (χ2n) is 14.2. The summed E-state index contributed by atoms with van der Waals surface area (Å²) in [7, 11) is 3.77. The molecule has 36 heavy (non-hydrogen) atoms. The molecule has 0 fully saturated rings. The van der Waals surface area contributed by atoms with Crippen molar-refractivity contribution < 1.29 is 0 Å². The van der Waals surface area contributed by atoms with Gasteiger partial charge in [-0.25, -0.2) is 0 Å². The van der Waals surface area contributed by atoms with Gasteiger partial charge in [0.05, 0.1) is 11.8 Å². The van der Waals surface area contributed by atoms with Gasteiger partial charge < -0.3 is 10.6 Å². The van der Waals surface area contributed by atoms with Crippen molar-refractivity contribution in [3.63, 3.8) is 0 Å². The standard InChI is InChI=1S/C32H52N2S2/c1-29(2,3)25-13-23(14-26(17-25)30(4,5)6)19-33-21-35-36-22-34-20-24-15-27(31(7,8)9)18-28(16-24)32(10,11)12/h13-18,33-34H,19-22H2,1-12H3. The SMILES string of the molecule is CC(C)(C)c1cc(CNCSSCNCc2cc(C(C)(C)C)cc(C(C)(C)C)c2)cc(C(C)(C)C)c1. The van der Waals surface area contributed by atoms with Crippen LogP contribution in [0.5, 0.6) is 0 Å². The molecule has 4 heteroatoms. The number of hydrogen-bond donors (Lipinski definition) is 2. The highest BCUT2D eigenvalue weighted by Gasteiger charge is 2.21. The molecule has 2 aromatic carbocycles. The van der Waals surface area contributed by atoms with Crippen LogP contribution in [0.4, 0.5) is 0 Å². The average molecular weight is 529 g/mol. The first-order chi connectivity index (χ1) is 16.4. The van der Waals surface area contributed by atoms with Crippen LogP contribution >= 0.6 is 21.6 Å². The summed E-state index contributed by atoms with van der Waals surface area (Å²) < 4.78 is 0. The zero-order valence-electron chi connectivity index (χ0n) is 25.1. The fourth-order valence-corrected chi connectivity index (χ4v) is 5.42. The van der Waals surface area contributed by atoms with E-state index in [1.54, 1.807) is 0 Å². The van der Waals surface area contributed by atoms with Gasteiger partial charge in [0.1, 0.15) is 0 Å². The third-order valence-electron chi connectivity index (χ3n) is 6.51. The topological polar surface area (TPSA) is 24.1 Å². The van der Waals surface area contributed by atoms with Crippen LogP contribution in [0.15, 0.2) is 36.4 Å². The van der Waals surface area contributed by atoms with Crippen LogP contribution in [0.1, 0.15) is 116 Å². The lowest BCUT2D eigenvalue weighted by Gasteiger charge is -2.26. The molecule has 2 aromatic rings. The number of benzene rings is 2. The highest BCUT2D eigenvalue weighted by atomic mass is 33.1. The maximum Gasteiger partial charge on any atom is 0.0526 e. The van der Waals surface area contributed by atoms with E-state index in [0.717, 1.165) is 24.8 Å². The fourth-order valence-electron chi connectivity index (χ4n) is 3.88. The summed E-state index contributed by atoms with van der Waals surface area (Å²) >= 11 is 0. The van der Waals surface area contributed by atoms with Crippen molar-refractivity contribution in [1.82, 2.24) is 10.6 Å². The molecule has 0 spiro atoms. The summed E-state index contributed by atoms with van der Waals surface area (Å²) in [6.07, 6.45) is 0. The van der Waals surface area contributed by atoms with E-state index in [1.165, 1.54) is 33.4 Å². The maximum absolute atomic E-state index is 3.63. The highest BCUT2D eigenvalue weighted by Crippen LogP contribution is 2.32. The molecular formula is C32H52N2S2. The van der Waals surface area contributed by atoms with E-state index in [0.29, 0.717) is 0 Å². The molecule has 2 rings (SSSR count). The summed E-state index contributed by atoms with van der Waals surface area (Å²) in [5.41, 5.74) is 9.07. The van der Waals surface area contributed by atoms with Gasteiger partial charge in [-0.1, -0.05) is 141 Å². The number of nitrogens with one attached hydrogen (secondary N) is 2. The monoisotopic (exact) mass is 528 g/mol. The second-order valence-corrected chi connectivity index (χ2v) is 16.7. The Kier molecular flexibility index (Phi) is 10.7. The van der Waals surface area contributed by atoms with Crippen molar-refractivity contribution in [2.75, 3.05) is 11.8 Å². The van der Waals surface area contributed by atoms with Gasteiger partial charge in [-0.15, -0.1) is 0 Å². The van der Waals surface area contributed by atoms with Gasteiger partial charge in [-0.2, -0.15) is 0 Å². The molecule has 0 aliphatic rings. The van der Waals surface area contributed by atoms with Crippen molar-refractivity contribution in [2.24, 2.45) is 0 Å². The molecule has 0 aliphatic heterocycles.